The van der Waals surface area contributed by atoms with E-state index < -0.39 is 0 Å². The van der Waals surface area contributed by atoms with Crippen molar-refractivity contribution in [3.63, 3.8) is 0 Å². The second kappa shape index (κ2) is 3.91. The number of amides is 1. The van der Waals surface area contributed by atoms with Crippen molar-refractivity contribution in [3.8, 4) is 0 Å². The van der Waals surface area contributed by atoms with E-state index in [1.54, 1.807) is 7.05 Å². The molecule has 70 valence electrons. The first-order valence-electron chi connectivity index (χ1n) is 4.21. The second-order valence-electron chi connectivity index (χ2n) is 3.55. The first-order valence-corrected chi connectivity index (χ1v) is 5.18. The van der Waals surface area contributed by atoms with Crippen molar-refractivity contribution in [1.82, 2.24) is 8.43 Å². The molecule has 1 rings (SSSR count). The Kier molecular flexibility index (Phi) is 3.34. The maximum atomic E-state index is 11.5. The highest BCUT2D eigenvalue weighted by molar-refractivity contribution is 14.1. The molecule has 12 heavy (non-hydrogen) atoms. The summed E-state index contributed by atoms with van der Waals surface area (Å²) in [6.07, 6.45) is 1.94. The van der Waals surface area contributed by atoms with Crippen LogP contribution in [0.2, 0.25) is 0 Å². The number of nitrogens with zero attached hydrogens (tertiary/aromatic N) is 1. The van der Waals surface area contributed by atoms with E-state index in [-0.39, 0.29) is 11.3 Å². The number of hydrogen-bond acceptors (Lipinski definition) is 2. The lowest BCUT2D eigenvalue weighted by Crippen LogP contribution is -2.43. The number of carbonyl (C=O) groups excluding carboxylic acids is 1. The minimum absolute atomic E-state index is 0.129. The van der Waals surface area contributed by atoms with Crippen LogP contribution in [-0.2, 0) is 4.79 Å². The van der Waals surface area contributed by atoms with Crippen LogP contribution in [-0.4, -0.2) is 29.2 Å². The third-order valence-corrected chi connectivity index (χ3v) is 3.55. The molecule has 0 atom stereocenters. The van der Waals surface area contributed by atoms with Gasteiger partial charge in [0.2, 0.25) is 5.91 Å². The van der Waals surface area contributed by atoms with Gasteiger partial charge in [-0.15, -0.1) is 0 Å². The van der Waals surface area contributed by atoms with Crippen molar-refractivity contribution in [2.24, 2.45) is 5.41 Å². The lowest BCUT2D eigenvalue weighted by molar-refractivity contribution is -0.131. The van der Waals surface area contributed by atoms with E-state index in [2.05, 4.69) is 38.2 Å². The second-order valence-corrected chi connectivity index (χ2v) is 4.91. The Labute approximate surface area is 87.4 Å². The van der Waals surface area contributed by atoms with Crippen LogP contribution >= 0.6 is 22.9 Å². The Bertz CT molecular complexity index is 176. The van der Waals surface area contributed by atoms with Crippen molar-refractivity contribution in [2.75, 3.05) is 20.1 Å². The van der Waals surface area contributed by atoms with Crippen molar-refractivity contribution < 1.29 is 4.79 Å². The van der Waals surface area contributed by atoms with Crippen LogP contribution in [0.25, 0.3) is 0 Å². The smallest absolute Gasteiger partial charge is 0.225 e. The van der Waals surface area contributed by atoms with Crippen LogP contribution in [0.1, 0.15) is 19.8 Å². The highest BCUT2D eigenvalue weighted by Crippen LogP contribution is 2.31. The van der Waals surface area contributed by atoms with Crippen LogP contribution in [0, 0.1) is 5.41 Å². The SMILES string of the molecule is CNC(=O)C1(C)CCN(I)CC1. The van der Waals surface area contributed by atoms with E-state index in [4.69, 9.17) is 0 Å². The van der Waals surface area contributed by atoms with Gasteiger partial charge in [-0.3, -0.25) is 4.79 Å². The minimum Gasteiger partial charge on any atom is -0.359 e. The Morgan fingerprint density at radius 3 is 2.42 bits per heavy atom. The third kappa shape index (κ3) is 2.10. The first kappa shape index (κ1) is 10.2. The third-order valence-electron chi connectivity index (χ3n) is 2.59. The lowest BCUT2D eigenvalue weighted by atomic mass is 9.80. The lowest BCUT2D eigenvalue weighted by Gasteiger charge is -2.35. The molecular formula is C8H15IN2O. The molecule has 4 heteroatoms. The molecule has 1 N–H and O–H groups in total. The summed E-state index contributed by atoms with van der Waals surface area (Å²) < 4.78 is 2.24. The number of carbonyl (C=O) groups is 1. The molecule has 0 aromatic carbocycles. The summed E-state index contributed by atoms with van der Waals surface area (Å²) in [7, 11) is 1.71. The Morgan fingerprint density at radius 1 is 1.50 bits per heavy atom. The van der Waals surface area contributed by atoms with Gasteiger partial charge in [-0.25, -0.2) is 3.11 Å². The number of piperidine rings is 1. The molecule has 0 saturated carbocycles. The Morgan fingerprint density at radius 2 is 2.00 bits per heavy atom. The quantitative estimate of drug-likeness (QED) is 0.578. The topological polar surface area (TPSA) is 32.3 Å². The van der Waals surface area contributed by atoms with Crippen LogP contribution in [0.5, 0.6) is 0 Å². The maximum absolute atomic E-state index is 11.5. The monoisotopic (exact) mass is 282 g/mol. The molecule has 0 bridgehead atoms. The van der Waals surface area contributed by atoms with Gasteiger partial charge in [0.25, 0.3) is 0 Å². The van der Waals surface area contributed by atoms with Crippen molar-refractivity contribution >= 4 is 28.8 Å². The molecule has 1 fully saturated rings. The molecule has 1 saturated heterocycles. The van der Waals surface area contributed by atoms with Crippen molar-refractivity contribution in [2.45, 2.75) is 19.8 Å². The molecule has 0 unspecified atom stereocenters. The average Bonchev–Trinajstić information content (AvgIpc) is 2.09. The van der Waals surface area contributed by atoms with Gasteiger partial charge in [0.05, 0.1) is 0 Å². The molecule has 1 heterocycles. The molecule has 0 aromatic heterocycles. The van der Waals surface area contributed by atoms with Crippen molar-refractivity contribution in [1.29, 1.82) is 0 Å². The highest BCUT2D eigenvalue weighted by atomic mass is 127. The van der Waals surface area contributed by atoms with Gasteiger partial charge < -0.3 is 5.32 Å². The van der Waals surface area contributed by atoms with Gasteiger partial charge in [0.15, 0.2) is 0 Å². The Balaban J connectivity index is 2.55. The number of rotatable bonds is 1. The predicted octanol–water partition coefficient (Wildman–Crippen LogP) is 1.18. The molecule has 1 aliphatic rings. The Hall–Kier alpha value is 0.160. The molecule has 0 spiro atoms. The fourth-order valence-electron chi connectivity index (χ4n) is 1.50. The zero-order valence-electron chi connectivity index (χ0n) is 7.56. The standard InChI is InChI=1S/C8H15IN2O/c1-8(7(12)10-2)3-5-11(9)6-4-8/h3-6H2,1-2H3,(H,10,12). The fourth-order valence-corrected chi connectivity index (χ4v) is 1.98. The van der Waals surface area contributed by atoms with E-state index in [0.29, 0.717) is 0 Å². The first-order chi connectivity index (χ1) is 5.58. The molecule has 0 aromatic rings. The molecule has 0 radical (unpaired) electrons. The average molecular weight is 282 g/mol. The van der Waals surface area contributed by atoms with Crippen LogP contribution in [0.15, 0.2) is 0 Å². The highest BCUT2D eigenvalue weighted by Gasteiger charge is 2.35. The van der Waals surface area contributed by atoms with E-state index in [0.717, 1.165) is 25.9 Å². The van der Waals surface area contributed by atoms with E-state index in [9.17, 15) is 4.79 Å². The number of halogens is 1. The summed E-state index contributed by atoms with van der Waals surface area (Å²) in [6.45, 7) is 4.09. The zero-order chi connectivity index (χ0) is 9.19. The van der Waals surface area contributed by atoms with Gasteiger partial charge in [-0.2, -0.15) is 0 Å². The van der Waals surface area contributed by atoms with E-state index in [1.165, 1.54) is 0 Å². The number of hydrogen-bond donors (Lipinski definition) is 1. The van der Waals surface area contributed by atoms with Gasteiger partial charge in [-0.1, -0.05) is 6.92 Å². The summed E-state index contributed by atoms with van der Waals surface area (Å²) in [4.78, 5) is 11.5. The van der Waals surface area contributed by atoms with Crippen molar-refractivity contribution in [3.05, 3.63) is 0 Å². The molecule has 1 amide bonds. The van der Waals surface area contributed by atoms with Crippen LogP contribution in [0.3, 0.4) is 0 Å². The normalized spacial score (nSPS) is 23.6. The van der Waals surface area contributed by atoms with Gasteiger partial charge in [0.1, 0.15) is 0 Å². The largest absolute Gasteiger partial charge is 0.359 e. The fraction of sp³-hybridized carbons (Fsp3) is 0.875. The van der Waals surface area contributed by atoms with E-state index in [1.807, 2.05) is 0 Å². The van der Waals surface area contributed by atoms with E-state index >= 15 is 0 Å². The summed E-state index contributed by atoms with van der Waals surface area (Å²) in [5, 5.41) is 2.73. The van der Waals surface area contributed by atoms with Crippen LogP contribution < -0.4 is 5.32 Å². The summed E-state index contributed by atoms with van der Waals surface area (Å²) in [5.41, 5.74) is -0.129. The number of nitrogens with one attached hydrogen (secondary N) is 1. The van der Waals surface area contributed by atoms with Gasteiger partial charge >= 0.3 is 0 Å². The van der Waals surface area contributed by atoms with Gasteiger partial charge in [-0.05, 0) is 12.8 Å². The molecule has 3 nitrogen and oxygen atoms in total. The predicted molar refractivity (Wildman–Crippen MR) is 57.0 cm³/mol. The summed E-state index contributed by atoms with van der Waals surface area (Å²) >= 11 is 2.31. The zero-order valence-corrected chi connectivity index (χ0v) is 9.72. The maximum Gasteiger partial charge on any atom is 0.225 e. The molecule has 0 aliphatic carbocycles. The van der Waals surface area contributed by atoms with Crippen LogP contribution in [0.4, 0.5) is 0 Å². The molecular weight excluding hydrogens is 267 g/mol. The van der Waals surface area contributed by atoms with Gasteiger partial charge in [0, 0.05) is 48.4 Å². The summed E-state index contributed by atoms with van der Waals surface area (Å²) in [6, 6.07) is 0. The molecule has 1 aliphatic heterocycles. The minimum atomic E-state index is -0.129. The summed E-state index contributed by atoms with van der Waals surface area (Å²) in [5.74, 6) is 0.187.